The fraction of sp³-hybridized carbons (Fsp3) is 0.294. The lowest BCUT2D eigenvalue weighted by molar-refractivity contribution is 0.0926. The predicted octanol–water partition coefficient (Wildman–Crippen LogP) is 2.52. The summed E-state index contributed by atoms with van der Waals surface area (Å²) in [6.07, 6.45) is 7.15. The molecule has 112 valence electrons. The van der Waals surface area contributed by atoms with E-state index in [0.29, 0.717) is 10.7 Å². The molecule has 0 bridgehead atoms. The fourth-order valence-electron chi connectivity index (χ4n) is 2.62. The number of piperidine rings is 1. The number of benzene rings is 1. The van der Waals surface area contributed by atoms with Crippen LogP contribution in [0.4, 0.5) is 5.69 Å². The van der Waals surface area contributed by atoms with E-state index < -0.39 is 0 Å². The number of nitrogens with zero attached hydrogens (tertiary/aromatic N) is 2. The van der Waals surface area contributed by atoms with Gasteiger partial charge in [-0.05, 0) is 30.9 Å². The van der Waals surface area contributed by atoms with Gasteiger partial charge in [0.15, 0.2) is 5.01 Å². The maximum atomic E-state index is 12.1. The molecule has 0 spiro atoms. The van der Waals surface area contributed by atoms with Crippen molar-refractivity contribution in [2.45, 2.75) is 18.9 Å². The lowest BCUT2D eigenvalue weighted by atomic mass is 10.0. The van der Waals surface area contributed by atoms with Crippen molar-refractivity contribution >= 4 is 22.9 Å². The Morgan fingerprint density at radius 2 is 2.05 bits per heavy atom. The number of para-hydroxylation sites is 1. The third-order valence-electron chi connectivity index (χ3n) is 3.81. The highest BCUT2D eigenvalue weighted by Gasteiger charge is 2.22. The van der Waals surface area contributed by atoms with Crippen LogP contribution in [-0.4, -0.2) is 30.0 Å². The van der Waals surface area contributed by atoms with Crippen molar-refractivity contribution in [1.29, 1.82) is 0 Å². The van der Waals surface area contributed by atoms with Gasteiger partial charge < -0.3 is 10.2 Å². The van der Waals surface area contributed by atoms with Crippen molar-refractivity contribution in [3.05, 3.63) is 46.4 Å². The largest absolute Gasteiger partial charge is 0.371 e. The van der Waals surface area contributed by atoms with Gasteiger partial charge in [-0.25, -0.2) is 4.98 Å². The minimum Gasteiger partial charge on any atom is -0.371 e. The Morgan fingerprint density at radius 1 is 1.32 bits per heavy atom. The van der Waals surface area contributed by atoms with Crippen LogP contribution in [0.2, 0.25) is 0 Å². The molecule has 1 fully saturated rings. The van der Waals surface area contributed by atoms with Gasteiger partial charge >= 0.3 is 0 Å². The Hall–Kier alpha value is -2.32. The topological polar surface area (TPSA) is 45.2 Å². The Labute approximate surface area is 134 Å². The van der Waals surface area contributed by atoms with E-state index in [-0.39, 0.29) is 11.9 Å². The Morgan fingerprint density at radius 3 is 2.68 bits per heavy atom. The monoisotopic (exact) mass is 311 g/mol. The van der Waals surface area contributed by atoms with Crippen molar-refractivity contribution in [2.24, 2.45) is 0 Å². The van der Waals surface area contributed by atoms with Gasteiger partial charge in [-0.3, -0.25) is 4.79 Å². The fourth-order valence-corrected chi connectivity index (χ4v) is 3.23. The average Bonchev–Trinajstić information content (AvgIpc) is 3.06. The molecule has 1 aliphatic rings. The van der Waals surface area contributed by atoms with Gasteiger partial charge in [0.05, 0.1) is 0 Å². The highest BCUT2D eigenvalue weighted by atomic mass is 32.1. The summed E-state index contributed by atoms with van der Waals surface area (Å²) in [7, 11) is 0. The normalized spacial score (nSPS) is 15.3. The number of carbonyl (C=O) groups excluding carboxylic acids is 1. The van der Waals surface area contributed by atoms with E-state index >= 15 is 0 Å². The van der Waals surface area contributed by atoms with Crippen LogP contribution in [-0.2, 0) is 0 Å². The summed E-state index contributed by atoms with van der Waals surface area (Å²) < 4.78 is 0. The first-order valence-corrected chi connectivity index (χ1v) is 8.17. The van der Waals surface area contributed by atoms with Crippen molar-refractivity contribution in [3.63, 3.8) is 0 Å². The summed E-state index contributed by atoms with van der Waals surface area (Å²) in [5, 5.41) is 5.31. The van der Waals surface area contributed by atoms with Crippen molar-refractivity contribution < 1.29 is 4.79 Å². The number of terminal acetylenes is 1. The van der Waals surface area contributed by atoms with Gasteiger partial charge in [0.2, 0.25) is 0 Å². The summed E-state index contributed by atoms with van der Waals surface area (Å²) in [6.45, 7) is 1.89. The van der Waals surface area contributed by atoms with Crippen LogP contribution < -0.4 is 10.2 Å². The molecule has 0 saturated carbocycles. The molecule has 3 rings (SSSR count). The van der Waals surface area contributed by atoms with Gasteiger partial charge in [-0.15, -0.1) is 17.8 Å². The quantitative estimate of drug-likeness (QED) is 0.886. The minimum absolute atomic E-state index is 0.129. The van der Waals surface area contributed by atoms with Gasteiger partial charge in [-0.2, -0.15) is 0 Å². The maximum absolute atomic E-state index is 12.1. The van der Waals surface area contributed by atoms with E-state index in [1.807, 2.05) is 6.07 Å². The van der Waals surface area contributed by atoms with Gasteiger partial charge in [0, 0.05) is 30.2 Å². The first kappa shape index (κ1) is 14.6. The van der Waals surface area contributed by atoms with Crippen LogP contribution in [0.1, 0.15) is 28.3 Å². The summed E-state index contributed by atoms with van der Waals surface area (Å²) in [5.41, 5.74) is 1.66. The SMILES string of the molecule is C#Cc1nc(C(=O)NC2CCN(c3ccccc3)CC2)cs1. The molecule has 0 atom stereocenters. The first-order valence-electron chi connectivity index (χ1n) is 7.29. The van der Waals surface area contributed by atoms with Crippen LogP contribution in [0.15, 0.2) is 35.7 Å². The van der Waals surface area contributed by atoms with E-state index in [0.717, 1.165) is 25.9 Å². The number of thiazole rings is 1. The van der Waals surface area contributed by atoms with Crippen LogP contribution in [0, 0.1) is 12.3 Å². The molecule has 1 amide bonds. The van der Waals surface area contributed by atoms with Crippen molar-refractivity contribution in [1.82, 2.24) is 10.3 Å². The van der Waals surface area contributed by atoms with Crippen LogP contribution in [0.25, 0.3) is 0 Å². The molecular weight excluding hydrogens is 294 g/mol. The highest BCUT2D eigenvalue weighted by Crippen LogP contribution is 2.19. The number of rotatable bonds is 3. The molecule has 0 unspecified atom stereocenters. The molecule has 2 aromatic rings. The van der Waals surface area contributed by atoms with E-state index in [4.69, 9.17) is 6.42 Å². The standard InChI is InChI=1S/C17H17N3OS/c1-2-16-19-15(12-22-16)17(21)18-13-8-10-20(11-9-13)14-6-4-3-5-7-14/h1,3-7,12-13H,8-11H2,(H,18,21). The first-order chi connectivity index (χ1) is 10.8. The number of anilines is 1. The van der Waals surface area contributed by atoms with Crippen molar-refractivity contribution in [2.75, 3.05) is 18.0 Å². The molecule has 0 radical (unpaired) electrons. The second kappa shape index (κ2) is 6.63. The summed E-state index contributed by atoms with van der Waals surface area (Å²) >= 11 is 1.32. The Bertz CT molecular complexity index is 681. The molecule has 22 heavy (non-hydrogen) atoms. The van der Waals surface area contributed by atoms with Crippen LogP contribution in [0.5, 0.6) is 0 Å². The zero-order valence-electron chi connectivity index (χ0n) is 12.2. The summed E-state index contributed by atoms with van der Waals surface area (Å²) in [5.74, 6) is 2.32. The third-order valence-corrected chi connectivity index (χ3v) is 4.59. The number of nitrogens with one attached hydrogen (secondary N) is 1. The van der Waals surface area contributed by atoms with E-state index in [9.17, 15) is 4.79 Å². The molecule has 1 aromatic carbocycles. The van der Waals surface area contributed by atoms with Gasteiger partial charge in [0.1, 0.15) is 5.69 Å². The lowest BCUT2D eigenvalue weighted by Gasteiger charge is -2.33. The summed E-state index contributed by atoms with van der Waals surface area (Å²) in [6, 6.07) is 10.6. The number of hydrogen-bond acceptors (Lipinski definition) is 4. The molecule has 4 nitrogen and oxygen atoms in total. The van der Waals surface area contributed by atoms with Gasteiger partial charge in [0.25, 0.3) is 5.91 Å². The molecule has 1 aromatic heterocycles. The van der Waals surface area contributed by atoms with E-state index in [2.05, 4.69) is 45.4 Å². The Kier molecular flexibility index (Phi) is 4.40. The summed E-state index contributed by atoms with van der Waals surface area (Å²) in [4.78, 5) is 18.6. The highest BCUT2D eigenvalue weighted by molar-refractivity contribution is 7.10. The smallest absolute Gasteiger partial charge is 0.271 e. The zero-order chi connectivity index (χ0) is 15.4. The molecule has 5 heteroatoms. The molecule has 2 heterocycles. The third kappa shape index (κ3) is 3.29. The molecule has 1 saturated heterocycles. The number of carbonyl (C=O) groups is 1. The molecule has 1 aliphatic heterocycles. The predicted molar refractivity (Wildman–Crippen MR) is 89.2 cm³/mol. The van der Waals surface area contributed by atoms with Gasteiger partial charge in [-0.1, -0.05) is 18.2 Å². The molecular formula is C17H17N3OS. The number of hydrogen-bond donors (Lipinski definition) is 1. The second-order valence-corrected chi connectivity index (χ2v) is 6.11. The van der Waals surface area contributed by atoms with E-state index in [1.54, 1.807) is 5.38 Å². The van der Waals surface area contributed by atoms with E-state index in [1.165, 1.54) is 17.0 Å². The zero-order valence-corrected chi connectivity index (χ0v) is 13.0. The second-order valence-electron chi connectivity index (χ2n) is 5.25. The number of amides is 1. The Balaban J connectivity index is 1.54. The number of aromatic nitrogens is 1. The van der Waals surface area contributed by atoms with Crippen LogP contribution in [0.3, 0.4) is 0 Å². The maximum Gasteiger partial charge on any atom is 0.271 e. The molecule has 0 aliphatic carbocycles. The molecule has 1 N–H and O–H groups in total. The average molecular weight is 311 g/mol. The minimum atomic E-state index is -0.129. The van der Waals surface area contributed by atoms with Crippen molar-refractivity contribution in [3.8, 4) is 12.3 Å². The lowest BCUT2D eigenvalue weighted by Crippen LogP contribution is -2.44. The van der Waals surface area contributed by atoms with Crippen LogP contribution >= 0.6 is 11.3 Å².